The Morgan fingerprint density at radius 2 is 1.15 bits per heavy atom. The molecule has 2 saturated heterocycles. The van der Waals surface area contributed by atoms with Crippen LogP contribution in [0.25, 0.3) is 0 Å². The Hall–Kier alpha value is -2.06. The standard InChI is InChI=1S/C60H88O10S4Si/c1-9-64-45-68-52(44-70-75(58(4,5)6,53-24-16-12-17-25-53)54-26-18-13-19-27-54)39-51(63-8)40-60(73-36-21-37-74-60)57(61)38-47(3)59(71-34-20-35-72-59)41-56(67-43-48-22-14-11-15-23-48)55(69-46-65-10-2)32-33-66-42-49-28-30-50(62-7)31-29-49/h11-19,22-31,47,51-52,55-57,61H,9-10,20-21,32-46H2,1-8H3/t47-,51-,52-,55-,56-,57-/m0/s1. The predicted molar refractivity (Wildman–Crippen MR) is 318 cm³/mol. The predicted octanol–water partition coefficient (Wildman–Crippen LogP) is 12.2. The summed E-state index contributed by atoms with van der Waals surface area (Å²) in [5.41, 5.74) is 2.20. The van der Waals surface area contributed by atoms with Crippen molar-refractivity contribution in [2.24, 2.45) is 5.92 Å². The normalized spacial score (nSPS) is 18.4. The molecule has 0 saturated carbocycles. The van der Waals surface area contributed by atoms with E-state index in [-0.39, 0.29) is 53.0 Å². The molecule has 75 heavy (non-hydrogen) atoms. The molecular formula is C60H88O10S4Si. The maximum absolute atomic E-state index is 13.0. The van der Waals surface area contributed by atoms with Gasteiger partial charge in [-0.05, 0) is 114 Å². The smallest absolute Gasteiger partial charge is 0.261 e. The van der Waals surface area contributed by atoms with E-state index in [1.165, 1.54) is 10.4 Å². The van der Waals surface area contributed by atoms with Crippen LogP contribution in [0.3, 0.4) is 0 Å². The van der Waals surface area contributed by atoms with Crippen LogP contribution in [-0.2, 0) is 50.8 Å². The van der Waals surface area contributed by atoms with Crippen LogP contribution < -0.4 is 15.1 Å². The van der Waals surface area contributed by atoms with Crippen LogP contribution >= 0.6 is 47.0 Å². The summed E-state index contributed by atoms with van der Waals surface area (Å²) in [4.78, 5) is 0. The van der Waals surface area contributed by atoms with E-state index in [1.54, 1.807) is 7.11 Å². The fourth-order valence-corrected chi connectivity index (χ4v) is 21.9. The Morgan fingerprint density at radius 1 is 0.600 bits per heavy atom. The highest BCUT2D eigenvalue weighted by atomic mass is 32.2. The largest absolute Gasteiger partial charge is 0.497 e. The lowest BCUT2D eigenvalue weighted by atomic mass is 9.90. The first kappa shape index (κ1) is 62.1. The van der Waals surface area contributed by atoms with Crippen LogP contribution in [0, 0.1) is 5.92 Å². The molecule has 0 bridgehead atoms. The van der Waals surface area contributed by atoms with Crippen LogP contribution in [0.5, 0.6) is 5.75 Å². The van der Waals surface area contributed by atoms with Crippen LogP contribution in [0.4, 0.5) is 0 Å². The van der Waals surface area contributed by atoms with Crippen molar-refractivity contribution in [2.45, 2.75) is 143 Å². The minimum atomic E-state index is -2.86. The van der Waals surface area contributed by atoms with Crippen molar-refractivity contribution >= 4 is 65.7 Å². The number of aliphatic hydroxyl groups excluding tert-OH is 1. The van der Waals surface area contributed by atoms with Gasteiger partial charge in [-0.1, -0.05) is 131 Å². The molecule has 0 aliphatic carbocycles. The van der Waals surface area contributed by atoms with E-state index in [2.05, 4.69) is 113 Å². The van der Waals surface area contributed by atoms with Gasteiger partial charge >= 0.3 is 0 Å². The van der Waals surface area contributed by atoms with Gasteiger partial charge < -0.3 is 47.4 Å². The molecule has 4 aromatic carbocycles. The molecule has 10 nitrogen and oxygen atoms in total. The van der Waals surface area contributed by atoms with Crippen molar-refractivity contribution in [3.8, 4) is 5.75 Å². The fourth-order valence-electron chi connectivity index (χ4n) is 10.3. The van der Waals surface area contributed by atoms with Gasteiger partial charge in [0.1, 0.15) is 19.3 Å². The van der Waals surface area contributed by atoms with Gasteiger partial charge in [-0.3, -0.25) is 0 Å². The van der Waals surface area contributed by atoms with Gasteiger partial charge in [0.2, 0.25) is 0 Å². The third-order valence-electron chi connectivity index (χ3n) is 14.4. The first-order valence-corrected chi connectivity index (χ1v) is 33.0. The van der Waals surface area contributed by atoms with Crippen LogP contribution in [0.2, 0.25) is 5.04 Å². The zero-order chi connectivity index (χ0) is 53.4. The summed E-state index contributed by atoms with van der Waals surface area (Å²) in [6, 6.07) is 39.9. The molecular weight excluding hydrogens is 1040 g/mol. The minimum absolute atomic E-state index is 0.132. The van der Waals surface area contributed by atoms with E-state index in [1.807, 2.05) is 98.3 Å². The lowest BCUT2D eigenvalue weighted by Crippen LogP contribution is -2.67. The zero-order valence-corrected chi connectivity index (χ0v) is 50.4. The summed E-state index contributed by atoms with van der Waals surface area (Å²) < 4.78 is 56.8. The second kappa shape index (κ2) is 32.3. The zero-order valence-electron chi connectivity index (χ0n) is 46.1. The lowest BCUT2D eigenvalue weighted by molar-refractivity contribution is -0.148. The molecule has 15 heteroatoms. The van der Waals surface area contributed by atoms with Gasteiger partial charge in [-0.2, -0.15) is 0 Å². The number of rotatable bonds is 34. The Bertz CT molecular complexity index is 2090. The fraction of sp³-hybridized carbons (Fsp3) is 0.600. The number of ether oxygens (including phenoxy) is 8. The summed E-state index contributed by atoms with van der Waals surface area (Å²) in [5, 5.41) is 15.2. The van der Waals surface area contributed by atoms with Crippen LogP contribution in [0.1, 0.15) is 97.6 Å². The Morgan fingerprint density at radius 3 is 1.69 bits per heavy atom. The van der Waals surface area contributed by atoms with E-state index in [9.17, 15) is 5.11 Å². The number of thioether (sulfide) groups is 4. The van der Waals surface area contributed by atoms with Crippen molar-refractivity contribution < 1.29 is 47.4 Å². The van der Waals surface area contributed by atoms with Crippen molar-refractivity contribution in [3.63, 3.8) is 0 Å². The molecule has 0 radical (unpaired) electrons. The molecule has 2 fully saturated rings. The average Bonchev–Trinajstić information content (AvgIpc) is 3.43. The van der Waals surface area contributed by atoms with Crippen molar-refractivity contribution in [2.75, 3.05) is 77.2 Å². The van der Waals surface area contributed by atoms with Gasteiger partial charge in [-0.25, -0.2) is 0 Å². The van der Waals surface area contributed by atoms with E-state index < -0.39 is 18.5 Å². The van der Waals surface area contributed by atoms with Gasteiger partial charge in [0.25, 0.3) is 8.32 Å². The second-order valence-electron chi connectivity index (χ2n) is 20.6. The molecule has 416 valence electrons. The monoisotopic (exact) mass is 1120 g/mol. The molecule has 6 rings (SSSR count). The van der Waals surface area contributed by atoms with Crippen molar-refractivity contribution in [3.05, 3.63) is 126 Å². The number of hydrogen-bond acceptors (Lipinski definition) is 14. The summed E-state index contributed by atoms with van der Waals surface area (Å²) in [5.74, 6) is 5.02. The van der Waals surface area contributed by atoms with Crippen molar-refractivity contribution in [1.29, 1.82) is 0 Å². The molecule has 0 unspecified atom stereocenters. The highest BCUT2D eigenvalue weighted by Crippen LogP contribution is 2.56. The average molecular weight is 1130 g/mol. The summed E-state index contributed by atoms with van der Waals surface area (Å²) in [7, 11) is 0.626. The number of hydrogen-bond donors (Lipinski definition) is 1. The second-order valence-corrected chi connectivity index (χ2v) is 31.1. The first-order valence-electron chi connectivity index (χ1n) is 27.2. The molecule has 2 heterocycles. The molecule has 0 aromatic heterocycles. The minimum Gasteiger partial charge on any atom is -0.497 e. The Balaban J connectivity index is 1.22. The van der Waals surface area contributed by atoms with E-state index in [0.29, 0.717) is 65.3 Å². The van der Waals surface area contributed by atoms with E-state index in [0.717, 1.165) is 59.2 Å². The third kappa shape index (κ3) is 18.2. The summed E-state index contributed by atoms with van der Waals surface area (Å²) in [6.45, 7) is 16.5. The van der Waals surface area contributed by atoms with Gasteiger partial charge in [0.15, 0.2) is 0 Å². The SMILES string of the molecule is CCOCO[C@H](CO[Si](c1ccccc1)(c1ccccc1)C(C)(C)C)C[C@@H](CC1([C@@H](O)C[C@H](C)C2(C[C@H](OCc3ccccc3)[C@H](CCOCc3ccc(OC)cc3)OCOCC)SCCCS2)SCCCS1)OC. The number of aliphatic hydroxyl groups is 1. The van der Waals surface area contributed by atoms with Gasteiger partial charge in [-0.15, -0.1) is 47.0 Å². The van der Waals surface area contributed by atoms with Crippen LogP contribution in [0.15, 0.2) is 115 Å². The van der Waals surface area contributed by atoms with Gasteiger partial charge in [0.05, 0.1) is 65.6 Å². The molecule has 0 spiro atoms. The Labute approximate surface area is 469 Å². The lowest BCUT2D eigenvalue weighted by Gasteiger charge is -2.47. The van der Waals surface area contributed by atoms with E-state index >= 15 is 0 Å². The van der Waals surface area contributed by atoms with Crippen molar-refractivity contribution in [1.82, 2.24) is 0 Å². The number of methoxy groups -OCH3 is 2. The molecule has 1 N–H and O–H groups in total. The highest BCUT2D eigenvalue weighted by Gasteiger charge is 2.52. The summed E-state index contributed by atoms with van der Waals surface area (Å²) in [6.07, 6.45) is 3.85. The molecule has 4 aromatic rings. The third-order valence-corrected chi connectivity index (χ3v) is 26.8. The maximum atomic E-state index is 13.0. The maximum Gasteiger partial charge on any atom is 0.261 e. The van der Waals surface area contributed by atoms with Crippen LogP contribution in [-0.4, -0.2) is 129 Å². The summed E-state index contributed by atoms with van der Waals surface area (Å²) >= 11 is 7.90. The molecule has 6 atom stereocenters. The topological polar surface area (TPSA) is 103 Å². The molecule has 2 aliphatic heterocycles. The Kier molecular flexibility index (Phi) is 26.7. The quantitative estimate of drug-likeness (QED) is 0.0273. The molecule has 0 amide bonds. The number of benzene rings is 4. The highest BCUT2D eigenvalue weighted by molar-refractivity contribution is 8.19. The molecule has 2 aliphatic rings. The van der Waals surface area contributed by atoms with E-state index in [4.69, 9.17) is 42.3 Å². The first-order chi connectivity index (χ1) is 36.4. The van der Waals surface area contributed by atoms with Gasteiger partial charge in [0, 0.05) is 39.8 Å².